The fourth-order valence-corrected chi connectivity index (χ4v) is 1.86. The summed E-state index contributed by atoms with van der Waals surface area (Å²) >= 11 is 0. The van der Waals surface area contributed by atoms with Crippen LogP contribution in [0.1, 0.15) is 67.2 Å². The van der Waals surface area contributed by atoms with Crippen molar-refractivity contribution in [1.82, 2.24) is 0 Å². The average Bonchev–Trinajstić information content (AvgIpc) is 2.52. The first-order chi connectivity index (χ1) is 12.6. The summed E-state index contributed by atoms with van der Waals surface area (Å²) in [4.78, 5) is 36.2. The molecule has 0 saturated heterocycles. The van der Waals surface area contributed by atoms with Crippen LogP contribution in [0.4, 0.5) is 0 Å². The molecule has 6 nitrogen and oxygen atoms in total. The Kier molecular flexibility index (Phi) is 13.3. The molecule has 6 heteroatoms. The predicted molar refractivity (Wildman–Crippen MR) is 104 cm³/mol. The zero-order valence-corrected chi connectivity index (χ0v) is 17.7. The van der Waals surface area contributed by atoms with Crippen molar-refractivity contribution in [3.63, 3.8) is 0 Å². The van der Waals surface area contributed by atoms with Gasteiger partial charge in [0.25, 0.3) is 0 Å². The van der Waals surface area contributed by atoms with Crippen molar-refractivity contribution in [1.29, 1.82) is 0 Å². The van der Waals surface area contributed by atoms with Gasteiger partial charge >= 0.3 is 17.9 Å². The van der Waals surface area contributed by atoms with Crippen LogP contribution in [0.3, 0.4) is 0 Å². The summed E-state index contributed by atoms with van der Waals surface area (Å²) in [5.41, 5.74) is -0.0390. The normalized spacial score (nSPS) is 11.8. The maximum atomic E-state index is 12.3. The molecule has 0 atom stereocenters. The molecule has 0 aromatic heterocycles. The predicted octanol–water partition coefficient (Wildman–Crippen LogP) is 4.07. The van der Waals surface area contributed by atoms with Gasteiger partial charge in [-0.05, 0) is 37.0 Å². The number of esters is 3. The van der Waals surface area contributed by atoms with Crippen molar-refractivity contribution in [2.45, 2.75) is 67.2 Å². The maximum absolute atomic E-state index is 12.3. The number of ether oxygens (including phenoxy) is 3. The van der Waals surface area contributed by atoms with Gasteiger partial charge in [0.05, 0.1) is 31.8 Å². The average molecular weight is 385 g/mol. The van der Waals surface area contributed by atoms with E-state index < -0.39 is 17.9 Å². The zero-order chi connectivity index (χ0) is 20.8. The molecule has 0 bridgehead atoms. The lowest BCUT2D eigenvalue weighted by atomic mass is 10.1. The molecule has 0 N–H and O–H groups in total. The van der Waals surface area contributed by atoms with Crippen molar-refractivity contribution in [2.75, 3.05) is 19.8 Å². The second kappa shape index (κ2) is 14.2. The van der Waals surface area contributed by atoms with Crippen molar-refractivity contribution in [3.05, 3.63) is 11.6 Å². The molecule has 0 fully saturated rings. The first-order valence-corrected chi connectivity index (χ1v) is 9.81. The van der Waals surface area contributed by atoms with E-state index in [9.17, 15) is 14.4 Å². The largest absolute Gasteiger partial charge is 0.465 e. The van der Waals surface area contributed by atoms with Gasteiger partial charge in [-0.15, -0.1) is 0 Å². The molecule has 0 spiro atoms. The Morgan fingerprint density at radius 3 is 1.63 bits per heavy atom. The monoisotopic (exact) mass is 384 g/mol. The highest BCUT2D eigenvalue weighted by Crippen LogP contribution is 2.10. The van der Waals surface area contributed by atoms with Gasteiger partial charge in [-0.2, -0.15) is 0 Å². The Morgan fingerprint density at radius 1 is 0.704 bits per heavy atom. The molecule has 27 heavy (non-hydrogen) atoms. The molecule has 0 rings (SSSR count). The highest BCUT2D eigenvalue weighted by molar-refractivity contribution is 5.99. The van der Waals surface area contributed by atoms with Gasteiger partial charge in [-0.25, -0.2) is 9.59 Å². The third kappa shape index (κ3) is 15.0. The van der Waals surface area contributed by atoms with E-state index in [4.69, 9.17) is 14.2 Å². The van der Waals surface area contributed by atoms with E-state index in [0.29, 0.717) is 24.2 Å². The molecule has 0 aliphatic rings. The molecule has 0 aliphatic heterocycles. The van der Waals surface area contributed by atoms with E-state index in [1.807, 2.05) is 41.5 Å². The quantitative estimate of drug-likeness (QED) is 0.271. The van der Waals surface area contributed by atoms with Crippen molar-refractivity contribution < 1.29 is 28.6 Å². The molecule has 0 saturated carbocycles. The van der Waals surface area contributed by atoms with Crippen molar-refractivity contribution in [3.8, 4) is 0 Å². The van der Waals surface area contributed by atoms with Crippen LogP contribution < -0.4 is 0 Å². The third-order valence-corrected chi connectivity index (χ3v) is 3.72. The van der Waals surface area contributed by atoms with Gasteiger partial charge < -0.3 is 14.2 Å². The number of carbonyl (C=O) groups is 3. The number of carbonyl (C=O) groups excluding carboxylic acids is 3. The minimum absolute atomic E-state index is 0.0390. The van der Waals surface area contributed by atoms with Gasteiger partial charge in [0.15, 0.2) is 0 Å². The topological polar surface area (TPSA) is 78.9 Å². The minimum Gasteiger partial charge on any atom is -0.465 e. The van der Waals surface area contributed by atoms with E-state index in [1.54, 1.807) is 0 Å². The van der Waals surface area contributed by atoms with Crippen molar-refractivity contribution >= 4 is 17.9 Å². The Hall–Kier alpha value is -1.85. The highest BCUT2D eigenvalue weighted by Gasteiger charge is 2.19. The van der Waals surface area contributed by atoms with Gasteiger partial charge in [0.2, 0.25) is 0 Å². The number of rotatable bonds is 13. The van der Waals surface area contributed by atoms with Gasteiger partial charge in [-0.1, -0.05) is 41.5 Å². The number of hydrogen-bond acceptors (Lipinski definition) is 6. The Bertz CT molecular complexity index is 491. The summed E-state index contributed by atoms with van der Waals surface area (Å²) in [7, 11) is 0. The summed E-state index contributed by atoms with van der Waals surface area (Å²) in [6.07, 6.45) is 2.90. The van der Waals surface area contributed by atoms with Crippen molar-refractivity contribution in [2.24, 2.45) is 17.8 Å². The molecule has 0 aromatic rings. The maximum Gasteiger partial charge on any atom is 0.334 e. The van der Waals surface area contributed by atoms with E-state index in [2.05, 4.69) is 0 Å². The lowest BCUT2D eigenvalue weighted by molar-refractivity contribution is -0.147. The molecule has 156 valence electrons. The molecular formula is C21H36O6. The van der Waals surface area contributed by atoms with Gasteiger partial charge in [0.1, 0.15) is 0 Å². The minimum atomic E-state index is -0.683. The molecule has 0 radical (unpaired) electrons. The second-order valence-corrected chi connectivity index (χ2v) is 7.92. The molecule has 0 heterocycles. The fraction of sp³-hybridized carbons (Fsp3) is 0.762. The Morgan fingerprint density at radius 2 is 1.15 bits per heavy atom. The molecule has 0 amide bonds. The van der Waals surface area contributed by atoms with E-state index >= 15 is 0 Å². The van der Waals surface area contributed by atoms with Crippen LogP contribution >= 0.6 is 0 Å². The molecule has 0 aliphatic carbocycles. The zero-order valence-electron chi connectivity index (χ0n) is 17.7. The van der Waals surface area contributed by atoms with Gasteiger partial charge in [0, 0.05) is 6.08 Å². The Balaban J connectivity index is 4.81. The molecule has 0 aromatic carbocycles. The van der Waals surface area contributed by atoms with Crippen LogP contribution in [-0.2, 0) is 28.6 Å². The van der Waals surface area contributed by atoms with E-state index in [0.717, 1.165) is 18.9 Å². The van der Waals surface area contributed by atoms with Crippen LogP contribution in [0.25, 0.3) is 0 Å². The van der Waals surface area contributed by atoms with Crippen LogP contribution in [0.2, 0.25) is 0 Å². The summed E-state index contributed by atoms with van der Waals surface area (Å²) in [6, 6.07) is 0. The van der Waals surface area contributed by atoms with Crippen LogP contribution in [0, 0.1) is 17.8 Å². The first-order valence-electron chi connectivity index (χ1n) is 9.81. The summed E-state index contributed by atoms with van der Waals surface area (Å²) in [6.45, 7) is 12.9. The summed E-state index contributed by atoms with van der Waals surface area (Å²) in [5.74, 6) is -0.702. The SMILES string of the molecule is CC(C)CCOC(=O)C=C(CC(=O)OCCC(C)C)C(=O)OCCC(C)C. The molecule has 0 unspecified atom stereocenters. The van der Waals surface area contributed by atoms with Gasteiger partial charge in [-0.3, -0.25) is 4.79 Å². The standard InChI is InChI=1S/C21H36O6/c1-15(2)7-10-25-19(22)13-18(21(24)27-12-9-17(5)6)14-20(23)26-11-8-16(3)4/h13,15-17H,7-12,14H2,1-6H3. The first kappa shape index (κ1) is 25.1. The number of hydrogen-bond donors (Lipinski definition) is 0. The summed E-state index contributed by atoms with van der Waals surface area (Å²) in [5, 5.41) is 0. The summed E-state index contributed by atoms with van der Waals surface area (Å²) < 4.78 is 15.4. The smallest absolute Gasteiger partial charge is 0.334 e. The van der Waals surface area contributed by atoms with Crippen LogP contribution in [0.15, 0.2) is 11.6 Å². The van der Waals surface area contributed by atoms with Crippen LogP contribution in [0.5, 0.6) is 0 Å². The molecular weight excluding hydrogens is 348 g/mol. The lowest BCUT2D eigenvalue weighted by Gasteiger charge is -2.11. The van der Waals surface area contributed by atoms with E-state index in [-0.39, 0.29) is 31.8 Å². The second-order valence-electron chi connectivity index (χ2n) is 7.92. The van der Waals surface area contributed by atoms with Crippen LogP contribution in [-0.4, -0.2) is 37.7 Å². The Labute approximate surface area is 163 Å². The fourth-order valence-electron chi connectivity index (χ4n) is 1.86. The third-order valence-electron chi connectivity index (χ3n) is 3.72. The van der Waals surface area contributed by atoms with E-state index in [1.165, 1.54) is 0 Å². The lowest BCUT2D eigenvalue weighted by Crippen LogP contribution is -2.17. The highest BCUT2D eigenvalue weighted by atomic mass is 16.5.